The van der Waals surface area contributed by atoms with E-state index in [0.717, 1.165) is 10.2 Å². The first kappa shape index (κ1) is 11.0. The van der Waals surface area contributed by atoms with Gasteiger partial charge in [0.1, 0.15) is 5.75 Å². The molecule has 3 nitrogen and oxygen atoms in total. The minimum Gasteiger partial charge on any atom is -0.493 e. The van der Waals surface area contributed by atoms with Gasteiger partial charge in [-0.25, -0.2) is 0 Å². The largest absolute Gasteiger partial charge is 0.493 e. The number of benzene rings is 1. The van der Waals surface area contributed by atoms with E-state index in [2.05, 4.69) is 15.9 Å². The van der Waals surface area contributed by atoms with Crippen LogP contribution in [-0.4, -0.2) is 12.4 Å². The Morgan fingerprint density at radius 3 is 2.57 bits per heavy atom. The highest BCUT2D eigenvalue weighted by Crippen LogP contribution is 2.16. The van der Waals surface area contributed by atoms with Crippen molar-refractivity contribution in [3.05, 3.63) is 28.7 Å². The predicted molar refractivity (Wildman–Crippen MR) is 60.7 cm³/mol. The maximum absolute atomic E-state index is 7.19. The topological polar surface area (TPSA) is 59.1 Å². The summed E-state index contributed by atoms with van der Waals surface area (Å²) in [6, 6.07) is 7.56. The summed E-state index contributed by atoms with van der Waals surface area (Å²) in [5.41, 5.74) is 5.32. The highest BCUT2D eigenvalue weighted by atomic mass is 79.9. The van der Waals surface area contributed by atoms with Gasteiger partial charge in [-0.2, -0.15) is 0 Å². The minimum absolute atomic E-state index is 0.0429. The van der Waals surface area contributed by atoms with Gasteiger partial charge in [0.2, 0.25) is 0 Å². The number of nitrogens with one attached hydrogen (secondary N) is 1. The Labute approximate surface area is 91.9 Å². The van der Waals surface area contributed by atoms with Crippen LogP contribution in [0.25, 0.3) is 0 Å². The van der Waals surface area contributed by atoms with Crippen LogP contribution in [0.2, 0.25) is 0 Å². The monoisotopic (exact) mass is 256 g/mol. The van der Waals surface area contributed by atoms with E-state index < -0.39 is 0 Å². The maximum atomic E-state index is 7.19. The molecule has 4 heteroatoms. The molecule has 0 radical (unpaired) electrons. The molecule has 0 fully saturated rings. The van der Waals surface area contributed by atoms with E-state index in [1.807, 2.05) is 31.2 Å². The molecule has 0 aliphatic carbocycles. The zero-order chi connectivity index (χ0) is 10.6. The molecule has 0 saturated carbocycles. The van der Waals surface area contributed by atoms with E-state index in [1.54, 1.807) is 0 Å². The van der Waals surface area contributed by atoms with Crippen LogP contribution in [0.1, 0.15) is 6.92 Å². The Balaban J connectivity index is 2.46. The standard InChI is InChI=1S/C10H13BrN2O/c1-7(10(12)13)6-14-9-4-2-8(11)3-5-9/h2-5,7H,6H2,1H3,(H3,12,13). The molecule has 0 amide bonds. The highest BCUT2D eigenvalue weighted by Gasteiger charge is 2.05. The first-order chi connectivity index (χ1) is 6.59. The Kier molecular flexibility index (Phi) is 3.95. The van der Waals surface area contributed by atoms with Gasteiger partial charge in [-0.15, -0.1) is 0 Å². The zero-order valence-electron chi connectivity index (χ0n) is 7.96. The molecule has 1 aromatic carbocycles. The normalized spacial score (nSPS) is 12.1. The molecule has 0 aromatic heterocycles. The summed E-state index contributed by atoms with van der Waals surface area (Å²) in [6.45, 7) is 2.30. The third-order valence-corrected chi connectivity index (χ3v) is 2.37. The Bertz CT molecular complexity index is 310. The Morgan fingerprint density at radius 2 is 2.07 bits per heavy atom. The van der Waals surface area contributed by atoms with Crippen LogP contribution in [0.5, 0.6) is 5.75 Å². The van der Waals surface area contributed by atoms with Gasteiger partial charge < -0.3 is 10.5 Å². The van der Waals surface area contributed by atoms with Crippen molar-refractivity contribution < 1.29 is 4.74 Å². The summed E-state index contributed by atoms with van der Waals surface area (Å²) in [7, 11) is 0. The van der Waals surface area contributed by atoms with Crippen LogP contribution in [0.3, 0.4) is 0 Å². The molecule has 14 heavy (non-hydrogen) atoms. The fourth-order valence-electron chi connectivity index (χ4n) is 0.842. The second kappa shape index (κ2) is 5.00. The first-order valence-corrected chi connectivity index (χ1v) is 5.11. The van der Waals surface area contributed by atoms with Gasteiger partial charge >= 0.3 is 0 Å². The van der Waals surface area contributed by atoms with E-state index in [9.17, 15) is 0 Å². The number of halogens is 1. The lowest BCUT2D eigenvalue weighted by Crippen LogP contribution is -2.25. The highest BCUT2D eigenvalue weighted by molar-refractivity contribution is 9.10. The molecule has 1 rings (SSSR count). The number of ether oxygens (including phenoxy) is 1. The zero-order valence-corrected chi connectivity index (χ0v) is 9.54. The molecule has 0 bridgehead atoms. The SMILES string of the molecule is CC(COc1ccc(Br)cc1)C(=N)N. The van der Waals surface area contributed by atoms with E-state index in [4.69, 9.17) is 15.9 Å². The fourth-order valence-corrected chi connectivity index (χ4v) is 1.11. The molecule has 1 aromatic rings. The minimum atomic E-state index is -0.0429. The Morgan fingerprint density at radius 1 is 1.50 bits per heavy atom. The van der Waals surface area contributed by atoms with Gasteiger partial charge in [0.05, 0.1) is 12.4 Å². The van der Waals surface area contributed by atoms with Gasteiger partial charge in [0.25, 0.3) is 0 Å². The van der Waals surface area contributed by atoms with Crippen molar-refractivity contribution in [1.82, 2.24) is 0 Å². The van der Waals surface area contributed by atoms with Crippen LogP contribution < -0.4 is 10.5 Å². The third-order valence-electron chi connectivity index (χ3n) is 1.84. The molecule has 0 saturated heterocycles. The lowest BCUT2D eigenvalue weighted by atomic mass is 10.2. The van der Waals surface area contributed by atoms with Crippen molar-refractivity contribution in [1.29, 1.82) is 5.41 Å². The van der Waals surface area contributed by atoms with Gasteiger partial charge in [-0.3, -0.25) is 5.41 Å². The summed E-state index contributed by atoms with van der Waals surface area (Å²) in [5.74, 6) is 0.905. The van der Waals surface area contributed by atoms with Crippen LogP contribution in [0, 0.1) is 11.3 Å². The van der Waals surface area contributed by atoms with Crippen LogP contribution in [-0.2, 0) is 0 Å². The van der Waals surface area contributed by atoms with Crippen molar-refractivity contribution in [3.8, 4) is 5.75 Å². The van der Waals surface area contributed by atoms with Gasteiger partial charge in [-0.05, 0) is 24.3 Å². The number of rotatable bonds is 4. The third kappa shape index (κ3) is 3.38. The molecule has 0 aliphatic rings. The second-order valence-electron chi connectivity index (χ2n) is 3.12. The fraction of sp³-hybridized carbons (Fsp3) is 0.300. The first-order valence-electron chi connectivity index (χ1n) is 4.32. The molecule has 3 N–H and O–H groups in total. The second-order valence-corrected chi connectivity index (χ2v) is 4.04. The molecule has 76 valence electrons. The van der Waals surface area contributed by atoms with Gasteiger partial charge in [-0.1, -0.05) is 22.9 Å². The molecule has 1 unspecified atom stereocenters. The van der Waals surface area contributed by atoms with Crippen molar-refractivity contribution in [2.75, 3.05) is 6.61 Å². The summed E-state index contributed by atoms with van der Waals surface area (Å²) in [4.78, 5) is 0. The van der Waals surface area contributed by atoms with Gasteiger partial charge in [0, 0.05) is 10.4 Å². The van der Waals surface area contributed by atoms with Crippen molar-refractivity contribution >= 4 is 21.8 Å². The quantitative estimate of drug-likeness (QED) is 0.642. The number of amidine groups is 1. The van der Waals surface area contributed by atoms with Gasteiger partial charge in [0.15, 0.2) is 0 Å². The lowest BCUT2D eigenvalue weighted by molar-refractivity contribution is 0.292. The molecule has 1 atom stereocenters. The van der Waals surface area contributed by atoms with E-state index >= 15 is 0 Å². The molecular weight excluding hydrogens is 244 g/mol. The van der Waals surface area contributed by atoms with E-state index in [-0.39, 0.29) is 11.8 Å². The molecule has 0 spiro atoms. The van der Waals surface area contributed by atoms with Crippen molar-refractivity contribution in [3.63, 3.8) is 0 Å². The van der Waals surface area contributed by atoms with E-state index in [0.29, 0.717) is 6.61 Å². The molecule has 0 aliphatic heterocycles. The van der Waals surface area contributed by atoms with E-state index in [1.165, 1.54) is 0 Å². The predicted octanol–water partition coefficient (Wildman–Crippen LogP) is 2.40. The van der Waals surface area contributed by atoms with Crippen molar-refractivity contribution in [2.45, 2.75) is 6.92 Å². The van der Waals surface area contributed by atoms with Crippen LogP contribution >= 0.6 is 15.9 Å². The number of nitrogens with two attached hydrogens (primary N) is 1. The van der Waals surface area contributed by atoms with Crippen LogP contribution in [0.15, 0.2) is 28.7 Å². The van der Waals surface area contributed by atoms with Crippen LogP contribution in [0.4, 0.5) is 0 Å². The summed E-state index contributed by atoms with van der Waals surface area (Å²) in [5, 5.41) is 7.19. The average Bonchev–Trinajstić information content (AvgIpc) is 2.16. The van der Waals surface area contributed by atoms with Crippen molar-refractivity contribution in [2.24, 2.45) is 11.7 Å². The molecule has 0 heterocycles. The average molecular weight is 257 g/mol. The number of hydrogen-bond acceptors (Lipinski definition) is 2. The smallest absolute Gasteiger partial charge is 0.119 e. The molecular formula is C10H13BrN2O. The number of hydrogen-bond donors (Lipinski definition) is 2. The summed E-state index contributed by atoms with van der Waals surface area (Å²) in [6.07, 6.45) is 0. The Hall–Kier alpha value is -1.03. The summed E-state index contributed by atoms with van der Waals surface area (Å²) < 4.78 is 6.46. The lowest BCUT2D eigenvalue weighted by Gasteiger charge is -2.11. The summed E-state index contributed by atoms with van der Waals surface area (Å²) >= 11 is 3.34. The maximum Gasteiger partial charge on any atom is 0.119 e.